The number of benzene rings is 6. The molecule has 565 valence electrons. The van der Waals surface area contributed by atoms with E-state index >= 15 is 0 Å². The zero-order valence-electron chi connectivity index (χ0n) is 57.5. The molecule has 0 aliphatic heterocycles. The van der Waals surface area contributed by atoms with Gasteiger partial charge in [-0.2, -0.15) is 39.5 Å². The molecule has 1 radical (unpaired) electrons. The number of hydrogen-bond acceptors (Lipinski definition) is 17. The maximum Gasteiger partial charge on any atom is 0.569 e. The Labute approximate surface area is 582 Å². The van der Waals surface area contributed by atoms with Crippen molar-refractivity contribution in [2.24, 2.45) is 23.7 Å². The standard InChI is InChI=1S/C19H28F2O3.C10H20O.C9H10BF2O4.2C9H10F2O3.C9H10F2O2.C6H4F2O/c1-3-4-13-5-7-14(8-6-13)19(22)15-9-10-16(18(21)17(15)20)24-12-11-23-2;1-2-3-9-4-6-10(8-11)7-5-9;1-14-4-5-15-6-2-3-7(16-10-13)9(12)8(6)11;2*1-13-4-5-14-7-3-2-6(12)8(10)9(7)11;1-12-5-6-13-8-4-2-3-7(10)9(8)11;7-4-2-1-3-5(9)6(4)8/h9-10,13-14,19,22H,3-8,11-12H2,1-2H3;9-11H,2-8H2,1H3;2-3,13H,4-5H2,1H3;2*2-3,12H,4-5H2,1H3;2-4H,5-6H2,1H3;1-3,9H. The Bertz CT molecular complexity index is 3160. The number of methoxy groups -OCH3 is 5. The average Bonchev–Trinajstić information content (AvgIpc) is 0.825. The molecule has 0 bridgehead atoms. The number of aromatic hydroxyl groups is 3. The predicted molar refractivity (Wildman–Crippen MR) is 351 cm³/mol. The van der Waals surface area contributed by atoms with Gasteiger partial charge in [-0.05, 0) is 122 Å². The Balaban J connectivity index is 0.000000409. The van der Waals surface area contributed by atoms with Crippen LogP contribution in [0.25, 0.3) is 0 Å². The Morgan fingerprint density at radius 3 is 1.06 bits per heavy atom. The van der Waals surface area contributed by atoms with Crippen molar-refractivity contribution in [1.82, 2.24) is 0 Å². The van der Waals surface area contributed by atoms with Crippen LogP contribution in [0.5, 0.6) is 51.7 Å². The van der Waals surface area contributed by atoms with Gasteiger partial charge >= 0.3 is 7.69 Å². The molecule has 2 fully saturated rings. The van der Waals surface area contributed by atoms with Gasteiger partial charge in [0.25, 0.3) is 0 Å². The van der Waals surface area contributed by atoms with Crippen molar-refractivity contribution in [2.45, 2.75) is 97.0 Å². The number of rotatable bonds is 29. The van der Waals surface area contributed by atoms with Crippen LogP contribution in [0.15, 0.2) is 84.9 Å². The third-order valence-electron chi connectivity index (χ3n) is 15.2. The molecule has 1 atom stereocenters. The topological polar surface area (TPSA) is 223 Å². The number of aliphatic hydroxyl groups excluding tert-OH is 2. The third-order valence-corrected chi connectivity index (χ3v) is 15.2. The second-order valence-corrected chi connectivity index (χ2v) is 22.3. The molecule has 30 heteroatoms. The smallest absolute Gasteiger partial charge is 0.535 e. The minimum absolute atomic E-state index is 0.00716. The summed E-state index contributed by atoms with van der Waals surface area (Å²) in [5, 5.41) is 53.8. The van der Waals surface area contributed by atoms with E-state index in [1.807, 2.05) is 0 Å². The molecule has 8 rings (SSSR count). The first kappa shape index (κ1) is 89.5. The average molecular weight is 1460 g/mol. The minimum atomic E-state index is -1.31. The number of hydrogen-bond donors (Lipinski definition) is 6. The zero-order chi connectivity index (χ0) is 75.2. The molecule has 6 N–H and O–H groups in total. The van der Waals surface area contributed by atoms with Crippen molar-refractivity contribution < 1.29 is 135 Å². The maximum atomic E-state index is 14.3. The maximum absolute atomic E-state index is 14.3. The molecule has 17 nitrogen and oxygen atoms in total. The van der Waals surface area contributed by atoms with E-state index in [2.05, 4.69) is 28.0 Å². The number of phenolic OH excluding ortho intramolecular Hbond substituents is 3. The van der Waals surface area contributed by atoms with Gasteiger partial charge in [-0.15, -0.1) is 0 Å². The first-order valence-electron chi connectivity index (χ1n) is 32.3. The first-order valence-corrected chi connectivity index (χ1v) is 32.3. The summed E-state index contributed by atoms with van der Waals surface area (Å²) in [6.45, 7) is 7.03. The van der Waals surface area contributed by atoms with E-state index in [1.165, 1.54) is 123 Å². The van der Waals surface area contributed by atoms with Gasteiger partial charge in [0.2, 0.25) is 46.5 Å². The van der Waals surface area contributed by atoms with E-state index in [1.54, 1.807) is 0 Å². The fourth-order valence-corrected chi connectivity index (χ4v) is 9.75. The van der Waals surface area contributed by atoms with E-state index in [4.69, 9.17) is 63.3 Å². The number of halogens is 12. The molecular formula is C71H92BF12O17. The molecule has 1 unspecified atom stereocenters. The van der Waals surface area contributed by atoms with Gasteiger partial charge in [0, 0.05) is 47.7 Å². The summed E-state index contributed by atoms with van der Waals surface area (Å²) in [6.07, 6.45) is 13.2. The van der Waals surface area contributed by atoms with Gasteiger partial charge < -0.3 is 82.6 Å². The van der Waals surface area contributed by atoms with E-state index in [-0.39, 0.29) is 101 Å². The van der Waals surface area contributed by atoms with Crippen molar-refractivity contribution in [3.05, 3.63) is 160 Å². The fourth-order valence-electron chi connectivity index (χ4n) is 9.75. The zero-order valence-corrected chi connectivity index (χ0v) is 57.5. The van der Waals surface area contributed by atoms with Crippen molar-refractivity contribution in [2.75, 3.05) is 108 Å². The van der Waals surface area contributed by atoms with Gasteiger partial charge in [0.05, 0.1) is 39.1 Å². The lowest BCUT2D eigenvalue weighted by Crippen LogP contribution is -2.21. The van der Waals surface area contributed by atoms with Crippen LogP contribution in [0.2, 0.25) is 0 Å². The molecule has 2 aliphatic carbocycles. The highest BCUT2D eigenvalue weighted by Gasteiger charge is 2.31. The first-order chi connectivity index (χ1) is 48.4. The Kier molecular flexibility index (Phi) is 45.7. The van der Waals surface area contributed by atoms with Crippen LogP contribution >= 0.6 is 0 Å². The normalized spacial score (nSPS) is 15.4. The number of ether oxygens (including phenoxy) is 10. The van der Waals surface area contributed by atoms with Crippen LogP contribution in [0.3, 0.4) is 0 Å². The molecule has 2 aliphatic rings. The van der Waals surface area contributed by atoms with E-state index < -0.39 is 98.9 Å². The summed E-state index contributed by atoms with van der Waals surface area (Å²) >= 11 is 0. The van der Waals surface area contributed by atoms with Crippen LogP contribution < -0.4 is 28.3 Å². The molecule has 6 aromatic carbocycles. The molecule has 0 heterocycles. The highest BCUT2D eigenvalue weighted by molar-refractivity contribution is 6.17. The monoisotopic (exact) mass is 1460 g/mol. The molecule has 0 spiro atoms. The van der Waals surface area contributed by atoms with Gasteiger partial charge in [-0.25, -0.2) is 13.2 Å². The van der Waals surface area contributed by atoms with Crippen LogP contribution in [0, 0.1) is 93.5 Å². The molecular weight excluding hydrogens is 1360 g/mol. The van der Waals surface area contributed by atoms with Crippen molar-refractivity contribution >= 4 is 7.69 Å². The SMILES string of the molecule is CCCC1CCC(C(O)c2ccc(OCCOC)c(F)c2F)CC1.CCCC1CCC(CO)CC1.COCCOc1ccc(O)c(F)c1F.COCCOc1ccc(O)c(F)c1F.COCCOc1ccc(O[B]O)c(F)c1F.COCCOc1cccc(F)c1F.Oc1cccc(F)c1F. The Morgan fingerprint density at radius 2 is 0.683 bits per heavy atom. The summed E-state index contributed by atoms with van der Waals surface area (Å²) < 4.78 is 209. The lowest BCUT2D eigenvalue weighted by Gasteiger charge is -2.31. The van der Waals surface area contributed by atoms with Crippen LogP contribution in [-0.4, -0.2) is 146 Å². The minimum Gasteiger partial charge on any atom is -0.535 e. The summed E-state index contributed by atoms with van der Waals surface area (Å²) in [5.74, 6) is -14.7. The summed E-state index contributed by atoms with van der Waals surface area (Å²) in [5.41, 5.74) is 0.0329. The van der Waals surface area contributed by atoms with Crippen LogP contribution in [0.4, 0.5) is 52.7 Å². The second-order valence-electron chi connectivity index (χ2n) is 22.3. The summed E-state index contributed by atoms with van der Waals surface area (Å²) in [6, 6.07) is 16.6. The van der Waals surface area contributed by atoms with Crippen molar-refractivity contribution in [1.29, 1.82) is 0 Å². The summed E-state index contributed by atoms with van der Waals surface area (Å²) in [7, 11) is 7.69. The van der Waals surface area contributed by atoms with E-state index in [9.17, 15) is 57.8 Å². The fraction of sp³-hybridized carbons (Fsp3) is 0.493. The molecule has 101 heavy (non-hydrogen) atoms. The number of phenols is 3. The van der Waals surface area contributed by atoms with Crippen molar-refractivity contribution in [3.63, 3.8) is 0 Å². The highest BCUT2D eigenvalue weighted by Crippen LogP contribution is 2.40. The van der Waals surface area contributed by atoms with Gasteiger partial charge in [-0.3, -0.25) is 0 Å². The van der Waals surface area contributed by atoms with E-state index in [0.29, 0.717) is 31.7 Å². The highest BCUT2D eigenvalue weighted by atomic mass is 19.2. The molecule has 0 saturated heterocycles. The molecule has 2 saturated carbocycles. The Hall–Kier alpha value is -7.58. The quantitative estimate of drug-likeness (QED) is 0.0146. The third kappa shape index (κ3) is 32.5. The molecule has 0 amide bonds. The van der Waals surface area contributed by atoms with Crippen LogP contribution in [0.1, 0.15) is 103 Å². The second kappa shape index (κ2) is 51.5. The largest absolute Gasteiger partial charge is 0.569 e. The predicted octanol–water partition coefficient (Wildman–Crippen LogP) is 15.2. The van der Waals surface area contributed by atoms with E-state index in [0.717, 1.165) is 80.1 Å². The lowest BCUT2D eigenvalue weighted by molar-refractivity contribution is 0.0685. The van der Waals surface area contributed by atoms with Gasteiger partial charge in [0.1, 0.15) is 38.8 Å². The summed E-state index contributed by atoms with van der Waals surface area (Å²) in [4.78, 5) is 0. The molecule has 0 aromatic heterocycles. The lowest BCUT2D eigenvalue weighted by atomic mass is 9.76. The van der Waals surface area contributed by atoms with Gasteiger partial charge in [-0.1, -0.05) is 77.3 Å². The Morgan fingerprint density at radius 1 is 0.366 bits per heavy atom. The van der Waals surface area contributed by atoms with Crippen molar-refractivity contribution in [3.8, 4) is 51.7 Å². The molecule has 6 aromatic rings. The van der Waals surface area contributed by atoms with Crippen LogP contribution in [-0.2, 0) is 23.7 Å². The van der Waals surface area contributed by atoms with Gasteiger partial charge in [0.15, 0.2) is 69.3 Å². The number of aliphatic hydroxyl groups is 2.